The summed E-state index contributed by atoms with van der Waals surface area (Å²) in [7, 11) is 0. The fraction of sp³-hybridized carbons (Fsp3) is 0.600. The lowest BCUT2D eigenvalue weighted by Crippen LogP contribution is -2.24. The summed E-state index contributed by atoms with van der Waals surface area (Å²) in [6.45, 7) is 4.02. The summed E-state index contributed by atoms with van der Waals surface area (Å²) in [5.74, 6) is -0.317. The van der Waals surface area contributed by atoms with Gasteiger partial charge in [-0.3, -0.25) is 0 Å². The number of nitrogens with zero attached hydrogens (tertiary/aromatic N) is 1. The summed E-state index contributed by atoms with van der Waals surface area (Å²) in [4.78, 5) is 14.9. The van der Waals surface area contributed by atoms with E-state index in [9.17, 15) is 4.79 Å². The quantitative estimate of drug-likeness (QED) is 0.740. The monoisotopic (exact) mass is 245 g/mol. The average molecular weight is 245 g/mol. The predicted molar refractivity (Wildman–Crippen MR) is 59.6 cm³/mol. The molecular formula is C10H15NO4S. The van der Waals surface area contributed by atoms with E-state index >= 15 is 0 Å². The Morgan fingerprint density at radius 1 is 1.75 bits per heavy atom. The van der Waals surface area contributed by atoms with Gasteiger partial charge in [0, 0.05) is 12.4 Å². The average Bonchev–Trinajstić information content (AvgIpc) is 2.63. The van der Waals surface area contributed by atoms with E-state index in [1.807, 2.05) is 6.92 Å². The molecule has 16 heavy (non-hydrogen) atoms. The predicted octanol–water partition coefficient (Wildman–Crippen LogP) is 1.95. The zero-order valence-corrected chi connectivity index (χ0v) is 10.1. The van der Waals surface area contributed by atoms with Crippen LogP contribution in [0.5, 0.6) is 0 Å². The van der Waals surface area contributed by atoms with Gasteiger partial charge in [-0.15, -0.1) is 0 Å². The Kier molecular flexibility index (Phi) is 5.34. The molecule has 0 aliphatic carbocycles. The maximum absolute atomic E-state index is 10.8. The van der Waals surface area contributed by atoms with E-state index in [2.05, 4.69) is 4.98 Å². The van der Waals surface area contributed by atoms with Crippen LogP contribution in [0.25, 0.3) is 0 Å². The van der Waals surface area contributed by atoms with Gasteiger partial charge in [-0.25, -0.2) is 9.78 Å². The molecule has 0 bridgehead atoms. The summed E-state index contributed by atoms with van der Waals surface area (Å²) in [6, 6.07) is 0. The second-order valence-electron chi connectivity index (χ2n) is 3.17. The van der Waals surface area contributed by atoms with Crippen LogP contribution in [0.1, 0.15) is 19.0 Å². The molecule has 1 rings (SSSR count). The number of aryl methyl sites for hydroxylation is 1. The number of oxazole rings is 1. The van der Waals surface area contributed by atoms with Crippen molar-refractivity contribution >= 4 is 17.7 Å². The van der Waals surface area contributed by atoms with Crippen LogP contribution in [0.3, 0.4) is 0 Å². The highest BCUT2D eigenvalue weighted by atomic mass is 32.2. The van der Waals surface area contributed by atoms with E-state index in [-0.39, 0.29) is 0 Å². The molecule has 1 unspecified atom stereocenters. The van der Waals surface area contributed by atoms with Crippen LogP contribution < -0.4 is 0 Å². The highest BCUT2D eigenvalue weighted by Gasteiger charge is 2.17. The fourth-order valence-electron chi connectivity index (χ4n) is 1.13. The van der Waals surface area contributed by atoms with Crippen molar-refractivity contribution in [3.8, 4) is 0 Å². The normalized spacial score (nSPS) is 12.6. The van der Waals surface area contributed by atoms with Gasteiger partial charge in [0.2, 0.25) is 0 Å². The SMILES string of the molecule is CCOC(CCSc1nc(C)co1)C(=O)O. The zero-order valence-electron chi connectivity index (χ0n) is 9.30. The zero-order chi connectivity index (χ0) is 12.0. The Bertz CT molecular complexity index is 339. The smallest absolute Gasteiger partial charge is 0.332 e. The molecule has 1 aromatic rings. The van der Waals surface area contributed by atoms with Crippen molar-refractivity contribution in [2.24, 2.45) is 0 Å². The van der Waals surface area contributed by atoms with E-state index in [1.165, 1.54) is 11.8 Å². The minimum Gasteiger partial charge on any atom is -0.479 e. The number of hydrogen-bond acceptors (Lipinski definition) is 5. The van der Waals surface area contributed by atoms with Crippen molar-refractivity contribution in [3.63, 3.8) is 0 Å². The molecule has 1 heterocycles. The number of carbonyl (C=O) groups is 1. The molecule has 0 spiro atoms. The first kappa shape index (κ1) is 13.1. The van der Waals surface area contributed by atoms with E-state index < -0.39 is 12.1 Å². The molecule has 0 aromatic carbocycles. The van der Waals surface area contributed by atoms with Gasteiger partial charge in [0.25, 0.3) is 5.22 Å². The Morgan fingerprint density at radius 3 is 3.00 bits per heavy atom. The Hall–Kier alpha value is -1.01. The molecule has 0 saturated heterocycles. The number of carboxylic acid groups (broad SMARTS) is 1. The van der Waals surface area contributed by atoms with E-state index in [1.54, 1.807) is 13.2 Å². The summed E-state index contributed by atoms with van der Waals surface area (Å²) in [6.07, 6.45) is 1.27. The van der Waals surface area contributed by atoms with Crippen molar-refractivity contribution in [2.75, 3.05) is 12.4 Å². The van der Waals surface area contributed by atoms with Gasteiger partial charge in [0.15, 0.2) is 6.10 Å². The van der Waals surface area contributed by atoms with Crippen LogP contribution in [0.15, 0.2) is 15.9 Å². The van der Waals surface area contributed by atoms with E-state index in [0.29, 0.717) is 24.0 Å². The Balaban J connectivity index is 2.30. The molecule has 0 radical (unpaired) electrons. The lowest BCUT2D eigenvalue weighted by molar-refractivity contribution is -0.150. The molecule has 1 N–H and O–H groups in total. The summed E-state index contributed by atoms with van der Waals surface area (Å²) >= 11 is 1.39. The van der Waals surface area contributed by atoms with Crippen LogP contribution in [-0.2, 0) is 9.53 Å². The molecule has 90 valence electrons. The number of ether oxygens (including phenoxy) is 1. The molecule has 6 heteroatoms. The highest BCUT2D eigenvalue weighted by molar-refractivity contribution is 7.99. The van der Waals surface area contributed by atoms with Gasteiger partial charge >= 0.3 is 5.97 Å². The maximum Gasteiger partial charge on any atom is 0.332 e. The van der Waals surface area contributed by atoms with Crippen molar-refractivity contribution < 1.29 is 19.1 Å². The number of aromatic nitrogens is 1. The summed E-state index contributed by atoms with van der Waals surface area (Å²) in [5, 5.41) is 9.40. The topological polar surface area (TPSA) is 72.6 Å². The van der Waals surface area contributed by atoms with Crippen LogP contribution in [0.2, 0.25) is 0 Å². The second-order valence-corrected chi connectivity index (χ2v) is 4.22. The Labute approximate surface area is 98.2 Å². The van der Waals surface area contributed by atoms with Crippen molar-refractivity contribution in [1.82, 2.24) is 4.98 Å². The molecule has 0 fully saturated rings. The largest absolute Gasteiger partial charge is 0.479 e. The van der Waals surface area contributed by atoms with E-state index in [0.717, 1.165) is 5.69 Å². The van der Waals surface area contributed by atoms with Gasteiger partial charge < -0.3 is 14.3 Å². The maximum atomic E-state index is 10.8. The second kappa shape index (κ2) is 6.55. The number of thioether (sulfide) groups is 1. The fourth-order valence-corrected chi connectivity index (χ4v) is 1.96. The van der Waals surface area contributed by atoms with Crippen molar-refractivity contribution in [3.05, 3.63) is 12.0 Å². The van der Waals surface area contributed by atoms with E-state index in [4.69, 9.17) is 14.3 Å². The number of aliphatic carboxylic acids is 1. The van der Waals surface area contributed by atoms with Crippen LogP contribution in [-0.4, -0.2) is 34.5 Å². The van der Waals surface area contributed by atoms with Crippen molar-refractivity contribution in [2.45, 2.75) is 31.6 Å². The third-order valence-electron chi connectivity index (χ3n) is 1.85. The molecule has 1 aromatic heterocycles. The first-order valence-electron chi connectivity index (χ1n) is 5.02. The van der Waals surface area contributed by atoms with Gasteiger partial charge in [-0.1, -0.05) is 11.8 Å². The molecule has 0 aliphatic rings. The molecule has 5 nitrogen and oxygen atoms in total. The van der Waals surface area contributed by atoms with Crippen molar-refractivity contribution in [1.29, 1.82) is 0 Å². The summed E-state index contributed by atoms with van der Waals surface area (Å²) < 4.78 is 10.2. The standard InChI is InChI=1S/C10H15NO4S/c1-3-14-8(9(12)13)4-5-16-10-11-7(2)6-15-10/h6,8H,3-5H2,1-2H3,(H,12,13). The number of carboxylic acids is 1. The lowest BCUT2D eigenvalue weighted by atomic mass is 10.3. The number of rotatable bonds is 7. The van der Waals surface area contributed by atoms with Crippen LogP contribution in [0.4, 0.5) is 0 Å². The third-order valence-corrected chi connectivity index (χ3v) is 2.72. The third kappa shape index (κ3) is 4.24. The molecular weight excluding hydrogens is 230 g/mol. The van der Waals surface area contributed by atoms with Crippen LogP contribution in [0, 0.1) is 6.92 Å². The minimum atomic E-state index is -0.925. The van der Waals surface area contributed by atoms with Gasteiger partial charge in [0.1, 0.15) is 6.26 Å². The first-order valence-corrected chi connectivity index (χ1v) is 6.01. The minimum absolute atomic E-state index is 0.403. The van der Waals surface area contributed by atoms with Crippen LogP contribution >= 0.6 is 11.8 Å². The summed E-state index contributed by atoms with van der Waals surface area (Å²) in [5.41, 5.74) is 0.821. The highest BCUT2D eigenvalue weighted by Crippen LogP contribution is 2.18. The lowest BCUT2D eigenvalue weighted by Gasteiger charge is -2.10. The Morgan fingerprint density at radius 2 is 2.50 bits per heavy atom. The molecule has 0 saturated carbocycles. The van der Waals surface area contributed by atoms with Gasteiger partial charge in [-0.05, 0) is 20.3 Å². The molecule has 0 amide bonds. The van der Waals surface area contributed by atoms with Gasteiger partial charge in [0.05, 0.1) is 5.69 Å². The first-order chi connectivity index (χ1) is 7.63. The van der Waals surface area contributed by atoms with Gasteiger partial charge in [-0.2, -0.15) is 0 Å². The molecule has 1 atom stereocenters. The molecule has 0 aliphatic heterocycles. The number of hydrogen-bond donors (Lipinski definition) is 1.